The summed E-state index contributed by atoms with van der Waals surface area (Å²) in [7, 11) is 1.58. The van der Waals surface area contributed by atoms with E-state index in [0.29, 0.717) is 50.2 Å². The van der Waals surface area contributed by atoms with Gasteiger partial charge in [-0.15, -0.1) is 0 Å². The number of fused-ring (bicyclic) bond motifs is 1. The second-order valence-corrected chi connectivity index (χ2v) is 9.73. The Labute approximate surface area is 224 Å². The molecule has 0 fully saturated rings. The average molecular weight is 541 g/mol. The van der Waals surface area contributed by atoms with Crippen LogP contribution in [0.3, 0.4) is 0 Å². The van der Waals surface area contributed by atoms with Crippen molar-refractivity contribution in [1.82, 2.24) is 4.57 Å². The Morgan fingerprint density at radius 1 is 1.16 bits per heavy atom. The van der Waals surface area contributed by atoms with Crippen LogP contribution in [0.2, 0.25) is 5.02 Å². The molecule has 0 saturated heterocycles. The van der Waals surface area contributed by atoms with Crippen LogP contribution in [0.25, 0.3) is 6.08 Å². The van der Waals surface area contributed by atoms with Gasteiger partial charge in [-0.3, -0.25) is 9.36 Å². The van der Waals surface area contributed by atoms with Crippen LogP contribution >= 0.6 is 22.9 Å². The lowest BCUT2D eigenvalue weighted by atomic mass is 9.94. The zero-order valence-electron chi connectivity index (χ0n) is 21.2. The zero-order chi connectivity index (χ0) is 26.5. The van der Waals surface area contributed by atoms with Crippen LogP contribution < -0.4 is 24.4 Å². The molecule has 0 amide bonds. The molecule has 2 heterocycles. The van der Waals surface area contributed by atoms with E-state index in [9.17, 15) is 9.59 Å². The van der Waals surface area contributed by atoms with Crippen LogP contribution in [0.15, 0.2) is 63.5 Å². The minimum absolute atomic E-state index is 0.218. The summed E-state index contributed by atoms with van der Waals surface area (Å²) in [6, 6.07) is 12.1. The molecule has 0 spiro atoms. The van der Waals surface area contributed by atoms with Gasteiger partial charge in [0.2, 0.25) is 0 Å². The van der Waals surface area contributed by atoms with Crippen LogP contribution in [-0.4, -0.2) is 30.9 Å². The molecule has 0 N–H and O–H groups in total. The molecule has 1 atom stereocenters. The van der Waals surface area contributed by atoms with Gasteiger partial charge >= 0.3 is 5.97 Å². The molecule has 0 aliphatic carbocycles. The van der Waals surface area contributed by atoms with E-state index >= 15 is 0 Å². The van der Waals surface area contributed by atoms with E-state index < -0.39 is 12.0 Å². The van der Waals surface area contributed by atoms with Crippen LogP contribution in [-0.2, 0) is 9.53 Å². The quantitative estimate of drug-likeness (QED) is 0.369. The third kappa shape index (κ3) is 5.50. The van der Waals surface area contributed by atoms with E-state index in [2.05, 4.69) is 0 Å². The maximum absolute atomic E-state index is 13.8. The molecule has 4 rings (SSSR count). The molecular weight excluding hydrogens is 512 g/mol. The summed E-state index contributed by atoms with van der Waals surface area (Å²) in [5, 5.41) is 0.465. The average Bonchev–Trinajstić information content (AvgIpc) is 3.19. The van der Waals surface area contributed by atoms with E-state index in [1.807, 2.05) is 44.2 Å². The molecule has 7 nitrogen and oxygen atoms in total. The Bertz CT molecular complexity index is 1520. The first kappa shape index (κ1) is 26.7. The lowest BCUT2D eigenvalue weighted by molar-refractivity contribution is -0.139. The van der Waals surface area contributed by atoms with Crippen molar-refractivity contribution in [2.45, 2.75) is 39.7 Å². The molecule has 37 heavy (non-hydrogen) atoms. The van der Waals surface area contributed by atoms with E-state index in [0.717, 1.165) is 17.5 Å². The molecule has 0 bridgehead atoms. The summed E-state index contributed by atoms with van der Waals surface area (Å²) in [5.74, 6) is 0.736. The van der Waals surface area contributed by atoms with Gasteiger partial charge in [-0.1, -0.05) is 54.5 Å². The number of methoxy groups -OCH3 is 1. The van der Waals surface area contributed by atoms with Crippen LogP contribution in [0, 0.1) is 0 Å². The van der Waals surface area contributed by atoms with Crippen molar-refractivity contribution in [1.29, 1.82) is 0 Å². The van der Waals surface area contributed by atoms with Crippen LogP contribution in [0.5, 0.6) is 11.5 Å². The molecule has 1 aromatic heterocycles. The second kappa shape index (κ2) is 11.8. The summed E-state index contributed by atoms with van der Waals surface area (Å²) in [4.78, 5) is 32.4. The Balaban J connectivity index is 1.95. The fourth-order valence-corrected chi connectivity index (χ4v) is 5.54. The first-order valence-corrected chi connectivity index (χ1v) is 13.4. The molecule has 2 aromatic carbocycles. The van der Waals surface area contributed by atoms with Crippen molar-refractivity contribution >= 4 is 35.0 Å². The fourth-order valence-electron chi connectivity index (χ4n) is 4.28. The van der Waals surface area contributed by atoms with Gasteiger partial charge in [0.15, 0.2) is 4.80 Å². The highest BCUT2D eigenvalue weighted by Crippen LogP contribution is 2.34. The maximum Gasteiger partial charge on any atom is 0.338 e. The fraction of sp³-hybridized carbons (Fsp3) is 0.321. The number of hydrogen-bond acceptors (Lipinski definition) is 7. The first-order valence-electron chi connectivity index (χ1n) is 12.2. The van der Waals surface area contributed by atoms with Crippen molar-refractivity contribution in [2.75, 3.05) is 20.3 Å². The monoisotopic (exact) mass is 540 g/mol. The van der Waals surface area contributed by atoms with E-state index in [4.69, 9.17) is 30.8 Å². The molecule has 0 unspecified atom stereocenters. The Morgan fingerprint density at radius 2 is 1.97 bits per heavy atom. The van der Waals surface area contributed by atoms with Gasteiger partial charge in [-0.05, 0) is 61.7 Å². The van der Waals surface area contributed by atoms with Crippen LogP contribution in [0.4, 0.5) is 0 Å². The number of carbonyl (C=O) groups excluding carboxylic acids is 1. The lowest BCUT2D eigenvalue weighted by Crippen LogP contribution is -2.40. The van der Waals surface area contributed by atoms with Gasteiger partial charge in [0.1, 0.15) is 11.5 Å². The number of halogens is 1. The molecule has 0 radical (unpaired) electrons. The standard InChI is InChI=1S/C28H29ClN2O5S/c1-5-9-21-24(27(33)36-7-3)25(18-10-8-11-19(16-18)34-4)31-26(32)23(37-28(31)30-21)15-17-12-13-22(35-6-2)20(29)14-17/h8,10-16,25H,5-7,9H2,1-4H3/b23-15-/t25-/m1/s1. The SMILES string of the molecule is CCCC1=C(C(=O)OCC)[C@@H](c2cccc(OC)c2)n2c(s/c(=C\c3ccc(OCC)c(Cl)c3)c2=O)=N1. The lowest BCUT2D eigenvalue weighted by Gasteiger charge is -2.26. The second-order valence-electron chi connectivity index (χ2n) is 8.31. The highest BCUT2D eigenvalue weighted by atomic mass is 35.5. The molecule has 0 saturated carbocycles. The molecule has 1 aliphatic heterocycles. The van der Waals surface area contributed by atoms with Crippen molar-refractivity contribution in [2.24, 2.45) is 4.99 Å². The zero-order valence-corrected chi connectivity index (χ0v) is 22.8. The summed E-state index contributed by atoms with van der Waals surface area (Å²) in [6.45, 7) is 6.40. The number of rotatable bonds is 9. The molecular formula is C28H29ClN2O5S. The molecule has 9 heteroatoms. The summed E-state index contributed by atoms with van der Waals surface area (Å²) >= 11 is 7.65. The Morgan fingerprint density at radius 3 is 2.65 bits per heavy atom. The van der Waals surface area contributed by atoms with Gasteiger partial charge in [0.05, 0.1) is 47.2 Å². The minimum Gasteiger partial charge on any atom is -0.497 e. The minimum atomic E-state index is -0.696. The van der Waals surface area contributed by atoms with Crippen molar-refractivity contribution < 1.29 is 19.0 Å². The van der Waals surface area contributed by atoms with Gasteiger partial charge in [-0.2, -0.15) is 0 Å². The topological polar surface area (TPSA) is 79.1 Å². The van der Waals surface area contributed by atoms with E-state index in [1.54, 1.807) is 36.8 Å². The third-order valence-corrected chi connectivity index (χ3v) is 7.13. The maximum atomic E-state index is 13.8. The number of ether oxygens (including phenoxy) is 3. The number of aromatic nitrogens is 1. The highest BCUT2D eigenvalue weighted by molar-refractivity contribution is 7.07. The molecule has 194 valence electrons. The van der Waals surface area contributed by atoms with Gasteiger partial charge < -0.3 is 14.2 Å². The number of carbonyl (C=O) groups is 1. The van der Waals surface area contributed by atoms with Gasteiger partial charge in [-0.25, -0.2) is 9.79 Å². The first-order chi connectivity index (χ1) is 17.9. The Kier molecular flexibility index (Phi) is 8.51. The summed E-state index contributed by atoms with van der Waals surface area (Å²) < 4.78 is 18.4. The van der Waals surface area contributed by atoms with Crippen molar-refractivity contribution in [3.05, 3.63) is 89.6 Å². The van der Waals surface area contributed by atoms with Crippen molar-refractivity contribution in [3.63, 3.8) is 0 Å². The smallest absolute Gasteiger partial charge is 0.338 e. The number of thiazole rings is 1. The normalized spacial score (nSPS) is 15.3. The van der Waals surface area contributed by atoms with Crippen molar-refractivity contribution in [3.8, 4) is 11.5 Å². The number of allylic oxidation sites excluding steroid dienone is 1. The van der Waals surface area contributed by atoms with Crippen LogP contribution in [0.1, 0.15) is 50.8 Å². The predicted molar refractivity (Wildman–Crippen MR) is 145 cm³/mol. The summed E-state index contributed by atoms with van der Waals surface area (Å²) in [5.41, 5.74) is 2.25. The van der Waals surface area contributed by atoms with E-state index in [1.165, 1.54) is 11.3 Å². The third-order valence-electron chi connectivity index (χ3n) is 5.86. The Hall–Kier alpha value is -3.36. The van der Waals surface area contributed by atoms with E-state index in [-0.39, 0.29) is 12.2 Å². The van der Waals surface area contributed by atoms with Gasteiger partial charge in [0.25, 0.3) is 5.56 Å². The molecule has 3 aromatic rings. The molecule has 1 aliphatic rings. The number of nitrogens with zero attached hydrogens (tertiary/aromatic N) is 2. The van der Waals surface area contributed by atoms with Gasteiger partial charge in [0, 0.05) is 0 Å². The largest absolute Gasteiger partial charge is 0.497 e. The predicted octanol–water partition coefficient (Wildman–Crippen LogP) is 4.64. The highest BCUT2D eigenvalue weighted by Gasteiger charge is 2.34. The number of esters is 1. The summed E-state index contributed by atoms with van der Waals surface area (Å²) in [6.07, 6.45) is 3.14. The number of benzene rings is 2. The number of hydrogen-bond donors (Lipinski definition) is 0.